The summed E-state index contributed by atoms with van der Waals surface area (Å²) in [6.07, 6.45) is 3.88. The third-order valence-corrected chi connectivity index (χ3v) is 5.33. The first kappa shape index (κ1) is 17.1. The zero-order valence-corrected chi connectivity index (χ0v) is 14.6. The van der Waals surface area contributed by atoms with Gasteiger partial charge in [0.2, 0.25) is 5.43 Å². The lowest BCUT2D eigenvalue weighted by atomic mass is 10.0. The first-order valence-corrected chi connectivity index (χ1v) is 8.77. The van der Waals surface area contributed by atoms with Crippen LogP contribution in [0.2, 0.25) is 0 Å². The molecule has 0 unspecified atom stereocenters. The number of nitrogens with two attached hydrogens (primary N) is 1. The molecule has 0 bridgehead atoms. The highest BCUT2D eigenvalue weighted by molar-refractivity contribution is 6.30. The standard InChI is InChI=1S/C18H17ClFN3O3/c19-12(7-21)14-3-4-22(14)16-6-15-10(5-13(16)20)17(24)11(18(25)26)8-23(15)9-1-2-9/h5-6,8-9H,1-4,7,21H2,(H,25,26)/b14-12-. The number of aromatic nitrogens is 1. The second-order valence-corrected chi connectivity index (χ2v) is 7.05. The Balaban J connectivity index is 1.95. The van der Waals surface area contributed by atoms with Crippen molar-refractivity contribution < 1.29 is 14.3 Å². The molecule has 1 aliphatic heterocycles. The van der Waals surface area contributed by atoms with Crippen LogP contribution in [0.3, 0.4) is 0 Å². The predicted molar refractivity (Wildman–Crippen MR) is 97.3 cm³/mol. The second kappa shape index (κ2) is 6.10. The van der Waals surface area contributed by atoms with Gasteiger partial charge in [-0.25, -0.2) is 9.18 Å². The van der Waals surface area contributed by atoms with E-state index in [1.165, 1.54) is 6.20 Å². The fraction of sp³-hybridized carbons (Fsp3) is 0.333. The van der Waals surface area contributed by atoms with Crippen LogP contribution < -0.4 is 16.1 Å². The molecule has 1 saturated carbocycles. The minimum atomic E-state index is -1.31. The van der Waals surface area contributed by atoms with Crippen LogP contribution in [0, 0.1) is 5.82 Å². The van der Waals surface area contributed by atoms with Gasteiger partial charge in [-0.2, -0.15) is 0 Å². The summed E-state index contributed by atoms with van der Waals surface area (Å²) in [5.74, 6) is -1.89. The van der Waals surface area contributed by atoms with Gasteiger partial charge in [0.15, 0.2) is 0 Å². The van der Waals surface area contributed by atoms with Crippen molar-refractivity contribution in [2.24, 2.45) is 5.73 Å². The van der Waals surface area contributed by atoms with Crippen molar-refractivity contribution in [2.75, 3.05) is 18.0 Å². The van der Waals surface area contributed by atoms with Crippen LogP contribution >= 0.6 is 11.6 Å². The number of carboxylic acid groups (broad SMARTS) is 1. The molecule has 1 aromatic carbocycles. The Labute approximate surface area is 153 Å². The fourth-order valence-electron chi connectivity index (χ4n) is 3.37. The van der Waals surface area contributed by atoms with Crippen LogP contribution in [0.4, 0.5) is 10.1 Å². The van der Waals surface area contributed by atoms with Crippen molar-refractivity contribution in [3.05, 3.63) is 50.7 Å². The van der Waals surface area contributed by atoms with Gasteiger partial charge in [0.1, 0.15) is 11.4 Å². The van der Waals surface area contributed by atoms with Gasteiger partial charge in [0, 0.05) is 42.8 Å². The molecule has 0 atom stereocenters. The molecule has 1 aliphatic carbocycles. The van der Waals surface area contributed by atoms with Gasteiger partial charge in [-0.15, -0.1) is 0 Å². The number of fused-ring (bicyclic) bond motifs is 1. The van der Waals surface area contributed by atoms with E-state index in [0.717, 1.165) is 24.6 Å². The van der Waals surface area contributed by atoms with Crippen LogP contribution in [0.25, 0.3) is 10.9 Å². The SMILES string of the molecule is NC/C(Cl)=C1\CCN1c1cc2c(cc1F)c(=O)c(C(=O)O)cn2C1CC1. The third-order valence-electron chi connectivity index (χ3n) is 4.95. The Morgan fingerprint density at radius 3 is 2.65 bits per heavy atom. The van der Waals surface area contributed by atoms with E-state index in [4.69, 9.17) is 17.3 Å². The Morgan fingerprint density at radius 1 is 1.38 bits per heavy atom. The van der Waals surface area contributed by atoms with Gasteiger partial charge in [-0.1, -0.05) is 11.6 Å². The fourth-order valence-corrected chi connectivity index (χ4v) is 3.57. The average Bonchev–Trinajstić information content (AvgIpc) is 3.40. The average molecular weight is 378 g/mol. The Bertz CT molecular complexity index is 1030. The molecule has 26 heavy (non-hydrogen) atoms. The Hall–Kier alpha value is -2.38. The van der Waals surface area contributed by atoms with Crippen molar-refractivity contribution in [2.45, 2.75) is 25.3 Å². The zero-order chi connectivity index (χ0) is 18.6. The summed E-state index contributed by atoms with van der Waals surface area (Å²) in [7, 11) is 0. The molecule has 4 rings (SSSR count). The smallest absolute Gasteiger partial charge is 0.341 e. The quantitative estimate of drug-likeness (QED) is 0.855. The van der Waals surface area contributed by atoms with Crippen molar-refractivity contribution >= 4 is 34.2 Å². The molecular formula is C18H17ClFN3O3. The lowest BCUT2D eigenvalue weighted by molar-refractivity contribution is 0.0695. The number of benzene rings is 1. The van der Waals surface area contributed by atoms with E-state index in [0.29, 0.717) is 29.2 Å². The van der Waals surface area contributed by atoms with Crippen LogP contribution in [0.5, 0.6) is 0 Å². The van der Waals surface area contributed by atoms with Gasteiger partial charge in [-0.05, 0) is 25.0 Å². The summed E-state index contributed by atoms with van der Waals surface area (Å²) < 4.78 is 16.5. The maximum atomic E-state index is 14.8. The van der Waals surface area contributed by atoms with Crippen LogP contribution in [0.15, 0.2) is 33.9 Å². The molecular weight excluding hydrogens is 361 g/mol. The van der Waals surface area contributed by atoms with E-state index < -0.39 is 17.2 Å². The molecule has 136 valence electrons. The summed E-state index contributed by atoms with van der Waals surface area (Å²) >= 11 is 6.12. The molecule has 2 heterocycles. The first-order valence-electron chi connectivity index (χ1n) is 8.39. The van der Waals surface area contributed by atoms with Crippen LogP contribution in [0.1, 0.15) is 35.7 Å². The molecule has 2 aliphatic rings. The number of halogens is 2. The molecule has 8 heteroatoms. The molecule has 0 amide bonds. The Kier molecular flexibility index (Phi) is 4.00. The molecule has 2 aromatic rings. The summed E-state index contributed by atoms with van der Waals surface area (Å²) in [6.45, 7) is 0.784. The third kappa shape index (κ3) is 2.59. The lowest BCUT2D eigenvalue weighted by Gasteiger charge is -2.37. The molecule has 1 saturated heterocycles. The Morgan fingerprint density at radius 2 is 2.12 bits per heavy atom. The highest BCUT2D eigenvalue weighted by Gasteiger charge is 2.30. The topological polar surface area (TPSA) is 88.6 Å². The maximum Gasteiger partial charge on any atom is 0.341 e. The van der Waals surface area contributed by atoms with Gasteiger partial charge < -0.3 is 20.3 Å². The lowest BCUT2D eigenvalue weighted by Crippen LogP contribution is -2.37. The van der Waals surface area contributed by atoms with E-state index in [2.05, 4.69) is 0 Å². The number of nitrogens with zero attached hydrogens (tertiary/aromatic N) is 2. The number of hydrogen-bond acceptors (Lipinski definition) is 4. The molecule has 6 nitrogen and oxygen atoms in total. The zero-order valence-electron chi connectivity index (χ0n) is 13.8. The van der Waals surface area contributed by atoms with E-state index in [1.54, 1.807) is 15.5 Å². The van der Waals surface area contributed by atoms with E-state index in [9.17, 15) is 19.1 Å². The predicted octanol–water partition coefficient (Wildman–Crippen LogP) is 2.79. The number of anilines is 1. The minimum absolute atomic E-state index is 0.0778. The molecule has 1 aromatic heterocycles. The molecule has 2 fully saturated rings. The van der Waals surface area contributed by atoms with Crippen molar-refractivity contribution in [1.29, 1.82) is 0 Å². The normalized spacial score (nSPS) is 18.8. The summed E-state index contributed by atoms with van der Waals surface area (Å²) in [6, 6.07) is 2.87. The molecule has 0 spiro atoms. The monoisotopic (exact) mass is 377 g/mol. The van der Waals surface area contributed by atoms with E-state index >= 15 is 0 Å². The van der Waals surface area contributed by atoms with Gasteiger partial charge in [0.05, 0.1) is 16.2 Å². The number of carboxylic acids is 1. The van der Waals surface area contributed by atoms with Crippen molar-refractivity contribution in [3.63, 3.8) is 0 Å². The van der Waals surface area contributed by atoms with Crippen molar-refractivity contribution in [3.8, 4) is 0 Å². The second-order valence-electron chi connectivity index (χ2n) is 6.59. The first-order chi connectivity index (χ1) is 12.4. The van der Waals surface area contributed by atoms with E-state index in [-0.39, 0.29) is 23.5 Å². The van der Waals surface area contributed by atoms with Gasteiger partial charge in [-0.3, -0.25) is 4.79 Å². The summed E-state index contributed by atoms with van der Waals surface area (Å²) in [5.41, 5.74) is 6.20. The van der Waals surface area contributed by atoms with Gasteiger partial charge in [0.25, 0.3) is 0 Å². The summed E-state index contributed by atoms with van der Waals surface area (Å²) in [4.78, 5) is 25.6. The maximum absolute atomic E-state index is 14.8. The molecule has 3 N–H and O–H groups in total. The number of pyridine rings is 1. The van der Waals surface area contributed by atoms with Crippen molar-refractivity contribution in [1.82, 2.24) is 4.57 Å². The van der Waals surface area contributed by atoms with Gasteiger partial charge >= 0.3 is 5.97 Å². The number of hydrogen-bond donors (Lipinski definition) is 2. The van der Waals surface area contributed by atoms with E-state index in [1.807, 2.05) is 0 Å². The largest absolute Gasteiger partial charge is 0.477 e. The summed E-state index contributed by atoms with van der Waals surface area (Å²) in [5, 5.41) is 9.85. The molecule has 0 radical (unpaired) electrons. The minimum Gasteiger partial charge on any atom is -0.477 e. The highest BCUT2D eigenvalue weighted by Crippen LogP contribution is 2.40. The van der Waals surface area contributed by atoms with Crippen LogP contribution in [-0.2, 0) is 0 Å². The highest BCUT2D eigenvalue weighted by atomic mass is 35.5. The van der Waals surface area contributed by atoms with Crippen LogP contribution in [-0.4, -0.2) is 28.7 Å². The number of carbonyl (C=O) groups is 1. The number of rotatable bonds is 4. The number of aromatic carboxylic acids is 1.